The minimum Gasteiger partial charge on any atom is -0.519 e. The van der Waals surface area contributed by atoms with Crippen LogP contribution in [0.5, 0.6) is 0 Å². The molecule has 0 amide bonds. The summed E-state index contributed by atoms with van der Waals surface area (Å²) < 4.78 is 2.02. The van der Waals surface area contributed by atoms with Crippen molar-refractivity contribution in [2.24, 2.45) is 0 Å². The molecule has 4 aliphatic heterocycles. The van der Waals surface area contributed by atoms with E-state index in [1.54, 1.807) is 0 Å². The number of benzene rings is 1. The van der Waals surface area contributed by atoms with Gasteiger partial charge >= 0.3 is 42.1 Å². The molecular formula is C33H26N12Pt2. The van der Waals surface area contributed by atoms with Crippen molar-refractivity contribution in [3.8, 4) is 11.8 Å². The van der Waals surface area contributed by atoms with Crippen LogP contribution in [0.2, 0.25) is 0 Å². The van der Waals surface area contributed by atoms with E-state index < -0.39 is 0 Å². The van der Waals surface area contributed by atoms with Gasteiger partial charge in [0.2, 0.25) is 0 Å². The minimum absolute atomic E-state index is 0. The van der Waals surface area contributed by atoms with Crippen LogP contribution >= 0.6 is 0 Å². The van der Waals surface area contributed by atoms with Crippen molar-refractivity contribution in [1.82, 2.24) is 34.1 Å². The zero-order valence-corrected chi connectivity index (χ0v) is 30.1. The maximum atomic E-state index is 10.5. The van der Waals surface area contributed by atoms with Crippen molar-refractivity contribution in [1.29, 1.82) is 5.26 Å². The van der Waals surface area contributed by atoms with Crippen LogP contribution in [0.15, 0.2) is 62.0 Å². The zero-order valence-electron chi connectivity index (χ0n) is 25.6. The van der Waals surface area contributed by atoms with Crippen molar-refractivity contribution >= 4 is 44.8 Å². The van der Waals surface area contributed by atoms with Crippen LogP contribution < -0.4 is 19.6 Å². The van der Waals surface area contributed by atoms with Gasteiger partial charge in [-0.2, -0.15) is 38.8 Å². The fraction of sp³-hybridized carbons (Fsp3) is 0.121. The van der Waals surface area contributed by atoms with Crippen LogP contribution in [0.3, 0.4) is 0 Å². The average Bonchev–Trinajstić information content (AvgIpc) is 3.88. The van der Waals surface area contributed by atoms with Gasteiger partial charge in [0.05, 0.1) is 0 Å². The molecule has 14 heteroatoms. The van der Waals surface area contributed by atoms with E-state index >= 15 is 0 Å². The summed E-state index contributed by atoms with van der Waals surface area (Å²) in [6, 6.07) is 16.6. The molecule has 0 radical (unpaired) electrons. The number of anilines is 4. The minimum atomic E-state index is 0. The Morgan fingerprint density at radius 1 is 0.574 bits per heavy atom. The smallest absolute Gasteiger partial charge is 0.519 e. The number of nitriles is 1. The standard InChI is InChI=1S/C33H26N12.2Pt/c1-37-5-9-41(20-37)28-13-24(14-29(25(28)17-34)42-10-6-38(2)21-42)45-30-15-32(43-11-7-39(3)22-43)35-18-26(30)27-19-36-33(16-31(27)45)44-12-8-40(4)23-44;;/h5-12,18-23H,1-4H3;;/q-8;2*+4. The van der Waals surface area contributed by atoms with Gasteiger partial charge in [0.15, 0.2) is 0 Å². The summed E-state index contributed by atoms with van der Waals surface area (Å²) in [7, 11) is 7.80. The van der Waals surface area contributed by atoms with E-state index in [-0.39, 0.29) is 42.1 Å². The number of aromatic nitrogens is 3. The van der Waals surface area contributed by atoms with Crippen LogP contribution in [0.1, 0.15) is 5.56 Å². The van der Waals surface area contributed by atoms with E-state index in [1.807, 2.05) is 161 Å². The topological polar surface area (TPSA) is 80.4 Å². The second kappa shape index (κ2) is 12.6. The van der Waals surface area contributed by atoms with Crippen LogP contribution in [-0.2, 0) is 42.1 Å². The van der Waals surface area contributed by atoms with Crippen LogP contribution in [0.25, 0.3) is 27.5 Å². The van der Waals surface area contributed by atoms with Crippen molar-refractivity contribution in [2.45, 2.75) is 0 Å². The summed E-state index contributed by atoms with van der Waals surface area (Å²) in [6.45, 7) is 7.68. The predicted molar refractivity (Wildman–Crippen MR) is 171 cm³/mol. The molecule has 4 aliphatic rings. The summed E-state index contributed by atoms with van der Waals surface area (Å²) in [5.74, 6) is 1.25. The number of rotatable bonds is 5. The Hall–Kier alpha value is -4.45. The summed E-state index contributed by atoms with van der Waals surface area (Å²) in [6.07, 6.45) is 19.1. The average molecular weight is 981 g/mol. The van der Waals surface area contributed by atoms with E-state index in [0.29, 0.717) is 34.3 Å². The maximum absolute atomic E-state index is 10.5. The molecule has 0 saturated carbocycles. The number of hydrogen-bond acceptors (Lipinski definition) is 11. The first-order chi connectivity index (χ1) is 21.9. The molecule has 0 unspecified atom stereocenters. The molecule has 12 nitrogen and oxygen atoms in total. The molecule has 8 rings (SSSR count). The fourth-order valence-corrected chi connectivity index (χ4v) is 5.54. The predicted octanol–water partition coefficient (Wildman–Crippen LogP) is 4.01. The van der Waals surface area contributed by atoms with E-state index in [4.69, 9.17) is 9.97 Å². The molecule has 47 heavy (non-hydrogen) atoms. The third kappa shape index (κ3) is 5.62. The second-order valence-electron chi connectivity index (χ2n) is 11.0. The monoisotopic (exact) mass is 980 g/mol. The molecule has 0 spiro atoms. The van der Waals surface area contributed by atoms with Gasteiger partial charge < -0.3 is 55.9 Å². The van der Waals surface area contributed by atoms with Crippen LogP contribution in [0, 0.1) is 62.3 Å². The van der Waals surface area contributed by atoms with Gasteiger partial charge in [-0.15, -0.1) is 16.6 Å². The molecule has 0 N–H and O–H groups in total. The molecule has 0 fully saturated rings. The Balaban J connectivity index is 0.00000193. The van der Waals surface area contributed by atoms with Crippen molar-refractivity contribution in [3.05, 3.63) is 118 Å². The van der Waals surface area contributed by atoms with Gasteiger partial charge in [-0.3, -0.25) is 9.97 Å². The number of hydrogen-bond donors (Lipinski definition) is 0. The number of fused-ring (bicyclic) bond motifs is 3. The third-order valence-corrected chi connectivity index (χ3v) is 7.70. The van der Waals surface area contributed by atoms with Gasteiger partial charge in [-0.1, -0.05) is 12.4 Å². The molecular weight excluding hydrogens is 955 g/mol. The number of pyridine rings is 2. The van der Waals surface area contributed by atoms with Crippen molar-refractivity contribution in [2.75, 3.05) is 47.8 Å². The van der Waals surface area contributed by atoms with E-state index in [9.17, 15) is 5.26 Å². The van der Waals surface area contributed by atoms with Crippen LogP contribution in [-0.4, -0.2) is 62.3 Å². The molecule has 0 aliphatic carbocycles. The third-order valence-electron chi connectivity index (χ3n) is 7.70. The normalized spacial score (nSPS) is 16.8. The first-order valence-electron chi connectivity index (χ1n) is 14.1. The molecule has 7 heterocycles. The molecule has 1 aromatic carbocycles. The van der Waals surface area contributed by atoms with Gasteiger partial charge in [-0.05, 0) is 83.9 Å². The Morgan fingerprint density at radius 2 is 0.957 bits per heavy atom. The quantitative estimate of drug-likeness (QED) is 0.273. The molecule has 238 valence electrons. The van der Waals surface area contributed by atoms with E-state index in [0.717, 1.165) is 21.8 Å². The first kappa shape index (κ1) is 32.5. The molecule has 0 bridgehead atoms. The summed E-state index contributed by atoms with van der Waals surface area (Å²) in [5.41, 5.74) is 3.71. The largest absolute Gasteiger partial charge is 4.00 e. The van der Waals surface area contributed by atoms with Crippen LogP contribution in [0.4, 0.5) is 23.0 Å². The Kier molecular flexibility index (Phi) is 8.73. The molecule has 3 aromatic heterocycles. The second-order valence-corrected chi connectivity index (χ2v) is 11.0. The Morgan fingerprint density at radius 3 is 1.30 bits per heavy atom. The summed E-state index contributed by atoms with van der Waals surface area (Å²) >= 11 is 0. The van der Waals surface area contributed by atoms with Gasteiger partial charge in [0, 0.05) is 11.6 Å². The molecule has 0 saturated heterocycles. The van der Waals surface area contributed by atoms with Gasteiger partial charge in [0.1, 0.15) is 0 Å². The van der Waals surface area contributed by atoms with Crippen molar-refractivity contribution < 1.29 is 42.1 Å². The van der Waals surface area contributed by atoms with Crippen molar-refractivity contribution in [3.63, 3.8) is 0 Å². The number of nitrogens with zero attached hydrogens (tertiary/aromatic N) is 12. The zero-order chi connectivity index (χ0) is 30.8. The van der Waals surface area contributed by atoms with E-state index in [2.05, 4.69) is 30.3 Å². The Labute approximate surface area is 302 Å². The van der Waals surface area contributed by atoms with Gasteiger partial charge in [0.25, 0.3) is 0 Å². The van der Waals surface area contributed by atoms with E-state index in [1.165, 1.54) is 0 Å². The summed E-state index contributed by atoms with van der Waals surface area (Å²) in [4.78, 5) is 24.9. The molecule has 0 atom stereocenters. The first-order valence-corrected chi connectivity index (χ1v) is 14.1. The molecule has 4 aromatic rings. The maximum Gasteiger partial charge on any atom is 4.00 e. The summed E-state index contributed by atoms with van der Waals surface area (Å²) in [5, 5.41) is 12.2. The SMILES string of the molecule is CN1C=CN(c2[c-]c3c(cn2)c2cnc(N4C=CN(C)[CH-]4)[c-]c2n3-c2[c-]c(N3C=CN(C)[CH-]3)c(C#N)c(N3C=CN(C)[CH-]3)[c-]2)[CH-]1.[Pt+4].[Pt+4]. The fourth-order valence-electron chi connectivity index (χ4n) is 5.54. The Bertz CT molecular complexity index is 1880. The van der Waals surface area contributed by atoms with Gasteiger partial charge in [-0.25, -0.2) is 33.1 Å².